The Hall–Kier alpha value is -4.34. The van der Waals surface area contributed by atoms with Crippen LogP contribution in [0, 0.1) is 5.92 Å². The van der Waals surface area contributed by atoms with Gasteiger partial charge in [-0.25, -0.2) is 9.59 Å². The number of nitrogens with one attached hydrogen (secondary N) is 2. The second-order valence-electron chi connectivity index (χ2n) is 8.74. The van der Waals surface area contributed by atoms with Crippen LogP contribution < -0.4 is 15.4 Å². The van der Waals surface area contributed by atoms with E-state index < -0.39 is 17.9 Å². The summed E-state index contributed by atoms with van der Waals surface area (Å²) in [6, 6.07) is 15.2. The Morgan fingerprint density at radius 3 is 2.62 bits per heavy atom. The Labute approximate surface area is 215 Å². The summed E-state index contributed by atoms with van der Waals surface area (Å²) >= 11 is 0. The van der Waals surface area contributed by atoms with Crippen LogP contribution >= 0.6 is 0 Å². The van der Waals surface area contributed by atoms with Crippen molar-refractivity contribution in [1.29, 1.82) is 0 Å². The number of carbonyl (C=O) groups excluding carboxylic acids is 3. The second-order valence-corrected chi connectivity index (χ2v) is 8.74. The summed E-state index contributed by atoms with van der Waals surface area (Å²) in [4.78, 5) is 46.5. The lowest BCUT2D eigenvalue weighted by Crippen LogP contribution is -2.56. The molecular weight excluding hydrogens is 474 g/mol. The first-order valence-electron chi connectivity index (χ1n) is 12.2. The molecule has 2 N–H and O–H groups in total. The summed E-state index contributed by atoms with van der Waals surface area (Å²) in [7, 11) is 3.23. The highest BCUT2D eigenvalue weighted by molar-refractivity contribution is 6.00. The summed E-state index contributed by atoms with van der Waals surface area (Å²) < 4.78 is 10.6. The number of ether oxygens (including phenoxy) is 2. The Balaban J connectivity index is 1.49. The van der Waals surface area contributed by atoms with Gasteiger partial charge in [-0.05, 0) is 49.7 Å². The van der Waals surface area contributed by atoms with Gasteiger partial charge in [-0.3, -0.25) is 9.78 Å². The van der Waals surface area contributed by atoms with Crippen LogP contribution in [0.4, 0.5) is 21.0 Å². The number of aromatic nitrogens is 1. The minimum absolute atomic E-state index is 0.116. The molecule has 0 aliphatic carbocycles. The maximum absolute atomic E-state index is 13.3. The van der Waals surface area contributed by atoms with Gasteiger partial charge in [0.25, 0.3) is 0 Å². The fourth-order valence-corrected chi connectivity index (χ4v) is 4.51. The van der Waals surface area contributed by atoms with Crippen LogP contribution in [0.1, 0.15) is 13.3 Å². The summed E-state index contributed by atoms with van der Waals surface area (Å²) in [5, 5.41) is 6.53. The van der Waals surface area contributed by atoms with Crippen LogP contribution in [-0.4, -0.2) is 72.7 Å². The van der Waals surface area contributed by atoms with Crippen LogP contribution in [0.2, 0.25) is 0 Å². The van der Waals surface area contributed by atoms with Gasteiger partial charge in [-0.2, -0.15) is 0 Å². The Kier molecular flexibility index (Phi) is 8.07. The van der Waals surface area contributed by atoms with E-state index in [1.54, 1.807) is 56.4 Å². The normalized spacial score (nSPS) is 17.1. The van der Waals surface area contributed by atoms with Crippen molar-refractivity contribution in [3.8, 4) is 5.75 Å². The smallest absolute Gasteiger partial charge is 0.321 e. The number of para-hydroxylation sites is 1. The number of nitrogens with zero attached hydrogens (tertiary/aromatic N) is 3. The molecule has 1 saturated heterocycles. The van der Waals surface area contributed by atoms with Gasteiger partial charge in [-0.15, -0.1) is 0 Å². The molecule has 10 heteroatoms. The van der Waals surface area contributed by atoms with Crippen LogP contribution in [0.5, 0.6) is 5.75 Å². The number of rotatable bonds is 6. The van der Waals surface area contributed by atoms with Crippen molar-refractivity contribution in [1.82, 2.24) is 14.8 Å². The number of methoxy groups -OCH3 is 1. The number of fused-ring (bicyclic) bond motifs is 1. The third-order valence-corrected chi connectivity index (χ3v) is 6.49. The first-order chi connectivity index (χ1) is 17.9. The average molecular weight is 506 g/mol. The molecule has 2 aromatic carbocycles. The molecule has 194 valence electrons. The standard InChI is InChI=1S/C27H31N5O5/c1-4-37-25(33)21-17-32(15-13-24(21)31(2)26(34)29-18-8-6-5-7-9-18)27(35)30-23-12-14-28-22-11-10-19(36-3)16-20(22)23/h5-12,14,16,21,24H,4,13,15,17H2,1-3H3,(H,29,34)(H,28,30,35)/t21-,24+/m0/s1. The number of esters is 1. The molecule has 37 heavy (non-hydrogen) atoms. The molecule has 2 atom stereocenters. The van der Waals surface area contributed by atoms with Gasteiger partial charge in [0, 0.05) is 43.4 Å². The van der Waals surface area contributed by atoms with E-state index in [1.807, 2.05) is 30.3 Å². The maximum atomic E-state index is 13.3. The predicted molar refractivity (Wildman–Crippen MR) is 141 cm³/mol. The zero-order valence-electron chi connectivity index (χ0n) is 21.1. The summed E-state index contributed by atoms with van der Waals surface area (Å²) in [6.45, 7) is 2.42. The first kappa shape index (κ1) is 25.7. The van der Waals surface area contributed by atoms with Crippen molar-refractivity contribution in [2.24, 2.45) is 5.92 Å². The van der Waals surface area contributed by atoms with Gasteiger partial charge in [0.15, 0.2) is 0 Å². The van der Waals surface area contributed by atoms with Crippen molar-refractivity contribution in [2.75, 3.05) is 44.5 Å². The molecule has 0 unspecified atom stereocenters. The third kappa shape index (κ3) is 5.91. The van der Waals surface area contributed by atoms with Gasteiger partial charge in [0.2, 0.25) is 0 Å². The average Bonchev–Trinajstić information content (AvgIpc) is 2.92. The zero-order chi connectivity index (χ0) is 26.4. The number of carbonyl (C=O) groups is 3. The highest BCUT2D eigenvalue weighted by atomic mass is 16.5. The Morgan fingerprint density at radius 2 is 1.89 bits per heavy atom. The van der Waals surface area contributed by atoms with E-state index >= 15 is 0 Å². The number of likely N-dealkylation sites (tertiary alicyclic amines) is 1. The maximum Gasteiger partial charge on any atom is 0.321 e. The van der Waals surface area contributed by atoms with Gasteiger partial charge < -0.3 is 29.9 Å². The predicted octanol–water partition coefficient (Wildman–Crippen LogP) is 4.19. The molecule has 10 nitrogen and oxygen atoms in total. The molecule has 4 rings (SSSR count). The number of benzene rings is 2. The van der Waals surface area contributed by atoms with Crippen molar-refractivity contribution < 1.29 is 23.9 Å². The number of hydrogen-bond donors (Lipinski definition) is 2. The monoisotopic (exact) mass is 505 g/mol. The van der Waals surface area contributed by atoms with E-state index in [0.29, 0.717) is 35.6 Å². The van der Waals surface area contributed by atoms with E-state index in [-0.39, 0.29) is 25.2 Å². The molecule has 1 aliphatic rings. The molecule has 1 aromatic heterocycles. The summed E-state index contributed by atoms with van der Waals surface area (Å²) in [5.41, 5.74) is 1.96. The summed E-state index contributed by atoms with van der Waals surface area (Å²) in [5.74, 6) is -0.486. The molecule has 2 heterocycles. The summed E-state index contributed by atoms with van der Waals surface area (Å²) in [6.07, 6.45) is 2.04. The minimum Gasteiger partial charge on any atom is -0.497 e. The van der Waals surface area contributed by atoms with Gasteiger partial charge in [-0.1, -0.05) is 18.2 Å². The van der Waals surface area contributed by atoms with Crippen molar-refractivity contribution in [3.63, 3.8) is 0 Å². The number of amides is 4. The lowest BCUT2D eigenvalue weighted by atomic mass is 9.91. The largest absolute Gasteiger partial charge is 0.497 e. The van der Waals surface area contributed by atoms with Crippen LogP contribution in [0.25, 0.3) is 10.9 Å². The van der Waals surface area contributed by atoms with E-state index in [2.05, 4.69) is 15.6 Å². The first-order valence-corrected chi connectivity index (χ1v) is 12.2. The number of pyridine rings is 1. The lowest BCUT2D eigenvalue weighted by Gasteiger charge is -2.41. The molecule has 0 radical (unpaired) electrons. The van der Waals surface area contributed by atoms with Crippen LogP contribution in [0.3, 0.4) is 0 Å². The third-order valence-electron chi connectivity index (χ3n) is 6.49. The molecular formula is C27H31N5O5. The van der Waals surface area contributed by atoms with Crippen LogP contribution in [0.15, 0.2) is 60.8 Å². The SMILES string of the molecule is CCOC(=O)[C@H]1CN(C(=O)Nc2ccnc3ccc(OC)cc23)CC[C@H]1N(C)C(=O)Nc1ccccc1. The molecule has 0 saturated carbocycles. The fourth-order valence-electron chi connectivity index (χ4n) is 4.51. The van der Waals surface area contributed by atoms with Gasteiger partial charge in [0.1, 0.15) is 5.75 Å². The highest BCUT2D eigenvalue weighted by Gasteiger charge is 2.40. The molecule has 4 amide bonds. The molecule has 1 fully saturated rings. The number of piperidine rings is 1. The van der Waals surface area contributed by atoms with Crippen LogP contribution in [-0.2, 0) is 9.53 Å². The van der Waals surface area contributed by atoms with E-state index in [4.69, 9.17) is 9.47 Å². The van der Waals surface area contributed by atoms with Crippen molar-refractivity contribution in [3.05, 3.63) is 60.8 Å². The van der Waals surface area contributed by atoms with Crippen molar-refractivity contribution in [2.45, 2.75) is 19.4 Å². The van der Waals surface area contributed by atoms with E-state index in [9.17, 15) is 14.4 Å². The van der Waals surface area contributed by atoms with E-state index in [0.717, 1.165) is 5.39 Å². The Bertz CT molecular complexity index is 1270. The molecule has 0 spiro atoms. The fraction of sp³-hybridized carbons (Fsp3) is 0.333. The van der Waals surface area contributed by atoms with Gasteiger partial charge in [0.05, 0.1) is 30.8 Å². The highest BCUT2D eigenvalue weighted by Crippen LogP contribution is 2.28. The van der Waals surface area contributed by atoms with Gasteiger partial charge >= 0.3 is 18.0 Å². The second kappa shape index (κ2) is 11.6. The lowest BCUT2D eigenvalue weighted by molar-refractivity contribution is -0.151. The number of urea groups is 2. The zero-order valence-corrected chi connectivity index (χ0v) is 21.1. The molecule has 0 bridgehead atoms. The number of anilines is 2. The number of hydrogen-bond acceptors (Lipinski definition) is 6. The van der Waals surface area contributed by atoms with E-state index in [1.165, 1.54) is 4.90 Å². The minimum atomic E-state index is -0.694. The quantitative estimate of drug-likeness (QED) is 0.486. The Morgan fingerprint density at radius 1 is 1.11 bits per heavy atom. The van der Waals surface area contributed by atoms with Crippen molar-refractivity contribution >= 4 is 40.3 Å². The molecule has 3 aromatic rings. The topological polar surface area (TPSA) is 113 Å². The molecule has 1 aliphatic heterocycles.